The first-order chi connectivity index (χ1) is 12.3. The Hall–Kier alpha value is -3.16. The van der Waals surface area contributed by atoms with E-state index < -0.39 is 23.8 Å². The number of aryl methyl sites for hydroxylation is 1. The monoisotopic (exact) mass is 360 g/mol. The van der Waals surface area contributed by atoms with Crippen molar-refractivity contribution in [3.05, 3.63) is 57.3 Å². The Balaban J connectivity index is 2.13. The van der Waals surface area contributed by atoms with Gasteiger partial charge in [-0.2, -0.15) is 0 Å². The summed E-state index contributed by atoms with van der Waals surface area (Å²) in [6.07, 6.45) is 0.376. The lowest BCUT2D eigenvalue weighted by molar-refractivity contribution is -0.147. The topological polar surface area (TPSA) is 107 Å². The third-order valence-corrected chi connectivity index (χ3v) is 3.95. The molecule has 1 atom stereocenters. The fourth-order valence-corrected chi connectivity index (χ4v) is 2.63. The minimum atomic E-state index is -1.08. The largest absolute Gasteiger partial charge is 0.465 e. The molecule has 0 unspecified atom stereocenters. The van der Waals surface area contributed by atoms with Crippen LogP contribution in [0.4, 0.5) is 0 Å². The first kappa shape index (κ1) is 19.2. The lowest BCUT2D eigenvalue weighted by Gasteiger charge is -2.13. The molecule has 0 saturated heterocycles. The van der Waals surface area contributed by atoms with E-state index in [1.807, 2.05) is 0 Å². The number of esters is 2. The van der Waals surface area contributed by atoms with E-state index in [4.69, 9.17) is 9.47 Å². The van der Waals surface area contributed by atoms with Gasteiger partial charge in [-0.05, 0) is 32.4 Å². The quantitative estimate of drug-likeness (QED) is 0.616. The zero-order valence-corrected chi connectivity index (χ0v) is 15.0. The number of methoxy groups -OCH3 is 1. The van der Waals surface area contributed by atoms with E-state index >= 15 is 0 Å². The second-order valence-corrected chi connectivity index (χ2v) is 5.78. The molecular weight excluding hydrogens is 340 g/mol. The van der Waals surface area contributed by atoms with Crippen LogP contribution in [-0.4, -0.2) is 40.5 Å². The molecule has 2 aromatic rings. The van der Waals surface area contributed by atoms with Crippen molar-refractivity contribution in [2.24, 2.45) is 0 Å². The third kappa shape index (κ3) is 3.90. The number of Topliss-reactive ketones (excluding diaryl/α,β-unsaturated/α-hetero) is 1. The molecule has 0 saturated carbocycles. The molecule has 0 aromatic carbocycles. The minimum absolute atomic E-state index is 0.181. The van der Waals surface area contributed by atoms with E-state index in [1.54, 1.807) is 26.0 Å². The number of ketones is 1. The molecule has 8 nitrogen and oxygen atoms in total. The maximum absolute atomic E-state index is 12.6. The molecule has 8 heteroatoms. The number of aromatic amines is 1. The minimum Gasteiger partial charge on any atom is -0.465 e. The molecule has 0 radical (unpaired) electrons. The lowest BCUT2D eigenvalue weighted by Crippen LogP contribution is -2.30. The number of nitrogens with one attached hydrogen (secondary N) is 1. The van der Waals surface area contributed by atoms with Gasteiger partial charge in [0.25, 0.3) is 5.56 Å². The number of aromatic nitrogens is 2. The Morgan fingerprint density at radius 3 is 2.54 bits per heavy atom. The SMILES string of the molecule is COC(=O)c1c(C)[nH]c(C(=O)[C@@H](C)OC(=O)Cn2ccccc2=O)c1C. The molecule has 2 aromatic heterocycles. The van der Waals surface area contributed by atoms with Gasteiger partial charge >= 0.3 is 11.9 Å². The molecule has 0 aliphatic rings. The summed E-state index contributed by atoms with van der Waals surface area (Å²) in [5, 5.41) is 0. The molecule has 2 rings (SSSR count). The molecule has 2 heterocycles. The first-order valence-electron chi connectivity index (χ1n) is 7.92. The summed E-state index contributed by atoms with van der Waals surface area (Å²) in [5.74, 6) is -1.74. The van der Waals surface area contributed by atoms with E-state index in [2.05, 4.69) is 4.98 Å². The predicted octanol–water partition coefficient (Wildman–Crippen LogP) is 1.39. The van der Waals surface area contributed by atoms with Gasteiger partial charge in [0.15, 0.2) is 6.10 Å². The molecule has 0 spiro atoms. The number of ether oxygens (including phenoxy) is 2. The number of rotatable bonds is 6. The van der Waals surface area contributed by atoms with E-state index in [9.17, 15) is 19.2 Å². The summed E-state index contributed by atoms with van der Waals surface area (Å²) in [4.78, 5) is 50.8. The summed E-state index contributed by atoms with van der Waals surface area (Å²) in [5.41, 5.74) is 1.04. The Morgan fingerprint density at radius 2 is 1.92 bits per heavy atom. The van der Waals surface area contributed by atoms with Crippen LogP contribution in [0.3, 0.4) is 0 Å². The molecule has 0 fully saturated rings. The van der Waals surface area contributed by atoms with Crippen LogP contribution >= 0.6 is 0 Å². The van der Waals surface area contributed by atoms with E-state index in [0.29, 0.717) is 11.3 Å². The highest BCUT2D eigenvalue weighted by atomic mass is 16.5. The second-order valence-electron chi connectivity index (χ2n) is 5.78. The summed E-state index contributed by atoms with van der Waals surface area (Å²) < 4.78 is 11.0. The van der Waals surface area contributed by atoms with Crippen molar-refractivity contribution in [1.82, 2.24) is 9.55 Å². The van der Waals surface area contributed by atoms with E-state index in [1.165, 1.54) is 30.9 Å². The number of hydrogen-bond donors (Lipinski definition) is 1. The van der Waals surface area contributed by atoms with Gasteiger partial charge in [0.2, 0.25) is 5.78 Å². The highest BCUT2D eigenvalue weighted by Gasteiger charge is 2.27. The van der Waals surface area contributed by atoms with E-state index in [-0.39, 0.29) is 23.4 Å². The molecule has 0 bridgehead atoms. The first-order valence-corrected chi connectivity index (χ1v) is 7.92. The van der Waals surface area contributed by atoms with Gasteiger partial charge in [-0.25, -0.2) is 4.79 Å². The van der Waals surface area contributed by atoms with Gasteiger partial charge in [-0.3, -0.25) is 14.4 Å². The maximum Gasteiger partial charge on any atom is 0.339 e. The Labute approximate surface area is 149 Å². The fraction of sp³-hybridized carbons (Fsp3) is 0.333. The standard InChI is InChI=1S/C18H20N2O6/c1-10-15(18(24)25-4)11(2)19-16(10)17(23)12(3)26-14(22)9-20-8-6-5-7-13(20)21/h5-8,12,19H,9H2,1-4H3/t12-/m1/s1. The summed E-state index contributed by atoms with van der Waals surface area (Å²) in [7, 11) is 1.26. The number of nitrogens with zero attached hydrogens (tertiary/aromatic N) is 1. The zero-order valence-electron chi connectivity index (χ0n) is 15.0. The van der Waals surface area contributed by atoms with Crippen molar-refractivity contribution >= 4 is 17.7 Å². The molecule has 0 aliphatic carbocycles. The van der Waals surface area contributed by atoms with Crippen molar-refractivity contribution in [3.63, 3.8) is 0 Å². The summed E-state index contributed by atoms with van der Waals surface area (Å²) in [6, 6.07) is 4.50. The van der Waals surface area contributed by atoms with Crippen LogP contribution in [0.15, 0.2) is 29.2 Å². The van der Waals surface area contributed by atoms with Crippen molar-refractivity contribution in [2.75, 3.05) is 7.11 Å². The number of carbonyl (C=O) groups excluding carboxylic acids is 3. The molecule has 0 amide bonds. The van der Waals surface area contributed by atoms with Crippen LogP contribution in [0.5, 0.6) is 0 Å². The summed E-state index contributed by atoms with van der Waals surface area (Å²) >= 11 is 0. The van der Waals surface area contributed by atoms with Crippen molar-refractivity contribution in [3.8, 4) is 0 Å². The van der Waals surface area contributed by atoms with Gasteiger partial charge in [0.1, 0.15) is 6.54 Å². The Bertz CT molecular complexity index is 909. The van der Waals surface area contributed by atoms with Gasteiger partial charge in [0, 0.05) is 18.0 Å². The highest BCUT2D eigenvalue weighted by Crippen LogP contribution is 2.20. The summed E-state index contributed by atoms with van der Waals surface area (Å²) in [6.45, 7) is 4.39. The average Bonchev–Trinajstić information content (AvgIpc) is 2.90. The number of hydrogen-bond acceptors (Lipinski definition) is 6. The van der Waals surface area contributed by atoms with Crippen molar-refractivity contribution < 1.29 is 23.9 Å². The van der Waals surface area contributed by atoms with Crippen molar-refractivity contribution in [2.45, 2.75) is 33.4 Å². The van der Waals surface area contributed by atoms with Gasteiger partial charge in [0.05, 0.1) is 18.4 Å². The van der Waals surface area contributed by atoms with Crippen LogP contribution < -0.4 is 5.56 Å². The second kappa shape index (κ2) is 7.81. The zero-order chi connectivity index (χ0) is 19.4. The van der Waals surface area contributed by atoms with Crippen LogP contribution in [0.25, 0.3) is 0 Å². The lowest BCUT2D eigenvalue weighted by atomic mass is 10.1. The Morgan fingerprint density at radius 1 is 1.23 bits per heavy atom. The number of H-pyrrole nitrogens is 1. The maximum atomic E-state index is 12.6. The molecule has 138 valence electrons. The van der Waals surface area contributed by atoms with Crippen molar-refractivity contribution in [1.29, 1.82) is 0 Å². The predicted molar refractivity (Wildman–Crippen MR) is 92.2 cm³/mol. The van der Waals surface area contributed by atoms with Gasteiger partial charge < -0.3 is 19.0 Å². The molecule has 26 heavy (non-hydrogen) atoms. The third-order valence-electron chi connectivity index (χ3n) is 3.95. The smallest absolute Gasteiger partial charge is 0.339 e. The van der Waals surface area contributed by atoms with E-state index in [0.717, 1.165) is 0 Å². The van der Waals surface area contributed by atoms with Crippen LogP contribution in [0.1, 0.15) is 39.0 Å². The van der Waals surface area contributed by atoms with Gasteiger partial charge in [-0.15, -0.1) is 0 Å². The fourth-order valence-electron chi connectivity index (χ4n) is 2.63. The molecule has 1 N–H and O–H groups in total. The van der Waals surface area contributed by atoms with Crippen LogP contribution in [0.2, 0.25) is 0 Å². The van der Waals surface area contributed by atoms with Crippen LogP contribution in [-0.2, 0) is 20.8 Å². The normalized spacial score (nSPS) is 11.7. The van der Waals surface area contributed by atoms with Gasteiger partial charge in [-0.1, -0.05) is 6.07 Å². The molecule has 0 aliphatic heterocycles. The highest BCUT2D eigenvalue weighted by molar-refractivity contribution is 6.03. The molecular formula is C18H20N2O6. The average molecular weight is 360 g/mol. The van der Waals surface area contributed by atoms with Crippen LogP contribution in [0, 0.1) is 13.8 Å². The number of pyridine rings is 1. The number of carbonyl (C=O) groups is 3. The Kier molecular flexibility index (Phi) is 5.76.